The van der Waals surface area contributed by atoms with E-state index in [1.54, 1.807) is 37.3 Å². The van der Waals surface area contributed by atoms with Crippen LogP contribution in [0.5, 0.6) is 0 Å². The molecule has 0 saturated carbocycles. The van der Waals surface area contributed by atoms with Gasteiger partial charge in [-0.25, -0.2) is 9.78 Å². The molecule has 0 aliphatic carbocycles. The minimum absolute atomic E-state index is 0.0191. The van der Waals surface area contributed by atoms with E-state index < -0.39 is 22.4 Å². The molecule has 4 rings (SSSR count). The van der Waals surface area contributed by atoms with Gasteiger partial charge < -0.3 is 9.72 Å². The monoisotopic (exact) mass is 413 g/mol. The second kappa shape index (κ2) is 7.14. The van der Waals surface area contributed by atoms with Gasteiger partial charge in [-0.3, -0.25) is 10.1 Å². The number of halogens is 2. The van der Waals surface area contributed by atoms with E-state index in [0.29, 0.717) is 22.3 Å². The lowest BCUT2D eigenvalue weighted by atomic mass is 10.1. The van der Waals surface area contributed by atoms with Gasteiger partial charge in [0.1, 0.15) is 5.39 Å². The Balaban J connectivity index is 1.85. The largest absolute Gasteiger partial charge is 0.462 e. The molecule has 0 bridgehead atoms. The van der Waals surface area contributed by atoms with Gasteiger partial charge >= 0.3 is 11.7 Å². The molecule has 2 aromatic carbocycles. The van der Waals surface area contributed by atoms with Crippen LogP contribution in [-0.2, 0) is 4.74 Å². The summed E-state index contributed by atoms with van der Waals surface area (Å²) in [6.07, 6.45) is 0. The molecule has 0 aliphatic rings. The van der Waals surface area contributed by atoms with E-state index in [2.05, 4.69) is 9.97 Å². The molecule has 1 N–H and O–H groups in total. The average molecular weight is 414 g/mol. The Bertz CT molecular complexity index is 1280. The number of carbonyl (C=O) groups excluding carboxylic acids is 1. The minimum atomic E-state index is -0.980. The highest BCUT2D eigenvalue weighted by atomic mass is 35.5. The van der Waals surface area contributed by atoms with Crippen molar-refractivity contribution in [2.24, 2.45) is 0 Å². The number of nitro groups is 1. The van der Waals surface area contributed by atoms with E-state index >= 15 is 0 Å². The predicted octanol–water partition coefficient (Wildman–Crippen LogP) is 5.26. The van der Waals surface area contributed by atoms with Crippen molar-refractivity contribution in [3.63, 3.8) is 0 Å². The van der Waals surface area contributed by atoms with Crippen molar-refractivity contribution in [1.29, 1.82) is 0 Å². The summed E-state index contributed by atoms with van der Waals surface area (Å²) in [5.41, 5.74) is 2.15. The first-order valence-electron chi connectivity index (χ1n) is 8.63. The zero-order chi connectivity index (χ0) is 20.7. The molecule has 0 fully saturated rings. The number of aromatic amines is 1. The Kier molecular flexibility index (Phi) is 4.63. The third-order valence-corrected chi connectivity index (χ3v) is 4.85. The number of esters is 1. The molecule has 29 heavy (non-hydrogen) atoms. The lowest BCUT2D eigenvalue weighted by Crippen LogP contribution is -2.03. The molecule has 146 valence electrons. The summed E-state index contributed by atoms with van der Waals surface area (Å²) in [4.78, 5) is 29.7. The molecule has 2 heterocycles. The van der Waals surface area contributed by atoms with Crippen molar-refractivity contribution in [3.05, 3.63) is 69.0 Å². The van der Waals surface area contributed by atoms with Gasteiger partial charge in [0.2, 0.25) is 5.82 Å². The molecule has 0 amide bonds. The number of nitro benzene ring substituents is 1. The summed E-state index contributed by atoms with van der Waals surface area (Å²) in [7, 11) is 0. The molecular weight excluding hydrogens is 401 g/mol. The number of aromatic nitrogens is 2. The number of hydrogen-bond donors (Lipinski definition) is 1. The number of benzene rings is 2. The van der Waals surface area contributed by atoms with Crippen molar-refractivity contribution in [2.75, 3.05) is 6.61 Å². The quantitative estimate of drug-likeness (QED) is 0.279. The number of carbonyl (C=O) groups is 1. The van der Waals surface area contributed by atoms with Gasteiger partial charge in [0.25, 0.3) is 0 Å². The standard InChI is InChI=1S/C20H13ClFN3O4/c1-2-29-20(26)11-5-3-10(4-6-11)14-9-15-18(24-14)17(21)16-13(23-15)8-7-12(22)19(16)25(27)28/h3-9,24H,2H2,1H3. The minimum Gasteiger partial charge on any atom is -0.462 e. The van der Waals surface area contributed by atoms with Crippen LogP contribution >= 0.6 is 11.6 Å². The normalized spacial score (nSPS) is 11.1. The van der Waals surface area contributed by atoms with E-state index in [1.807, 2.05) is 0 Å². The van der Waals surface area contributed by atoms with Crippen molar-refractivity contribution < 1.29 is 18.8 Å². The number of nitrogens with one attached hydrogen (secondary N) is 1. The molecular formula is C20H13ClFN3O4. The van der Waals surface area contributed by atoms with E-state index in [1.165, 1.54) is 6.07 Å². The number of fused-ring (bicyclic) bond motifs is 2. The van der Waals surface area contributed by atoms with E-state index in [9.17, 15) is 19.3 Å². The molecule has 4 aromatic rings. The van der Waals surface area contributed by atoms with Gasteiger partial charge in [-0.05, 0) is 42.8 Å². The Labute approximate surface area is 168 Å². The van der Waals surface area contributed by atoms with Crippen molar-refractivity contribution in [3.8, 4) is 11.3 Å². The highest BCUT2D eigenvalue weighted by molar-refractivity contribution is 6.40. The highest BCUT2D eigenvalue weighted by Gasteiger charge is 2.24. The number of ether oxygens (including phenoxy) is 1. The molecule has 7 nitrogen and oxygen atoms in total. The van der Waals surface area contributed by atoms with Crippen LogP contribution in [0.2, 0.25) is 5.02 Å². The SMILES string of the molecule is CCOC(=O)c1ccc(-c2cc3nc4ccc(F)c([N+](=O)[O-])c4c(Cl)c3[nH]2)cc1. The van der Waals surface area contributed by atoms with Gasteiger partial charge in [0, 0.05) is 5.69 Å². The first-order chi connectivity index (χ1) is 13.9. The smallest absolute Gasteiger partial charge is 0.338 e. The maximum absolute atomic E-state index is 14.0. The van der Waals surface area contributed by atoms with Crippen LogP contribution in [0.4, 0.5) is 10.1 Å². The van der Waals surface area contributed by atoms with Gasteiger partial charge in [-0.2, -0.15) is 4.39 Å². The first-order valence-corrected chi connectivity index (χ1v) is 9.01. The lowest BCUT2D eigenvalue weighted by Gasteiger charge is -2.04. The zero-order valence-electron chi connectivity index (χ0n) is 15.0. The molecule has 0 saturated heterocycles. The summed E-state index contributed by atoms with van der Waals surface area (Å²) in [5.74, 6) is -1.40. The molecule has 0 radical (unpaired) electrons. The fourth-order valence-electron chi connectivity index (χ4n) is 3.15. The Morgan fingerprint density at radius 1 is 1.24 bits per heavy atom. The Morgan fingerprint density at radius 3 is 2.62 bits per heavy atom. The first kappa shape index (κ1) is 18.8. The summed E-state index contributed by atoms with van der Waals surface area (Å²) in [6.45, 7) is 2.01. The van der Waals surface area contributed by atoms with Gasteiger partial charge in [0.05, 0.1) is 38.7 Å². The van der Waals surface area contributed by atoms with Crippen molar-refractivity contribution >= 4 is 45.2 Å². The number of pyridine rings is 1. The van der Waals surface area contributed by atoms with Crippen LogP contribution in [0.25, 0.3) is 33.2 Å². The maximum Gasteiger partial charge on any atom is 0.338 e. The maximum atomic E-state index is 14.0. The fraction of sp³-hybridized carbons (Fsp3) is 0.100. The molecule has 9 heteroatoms. The van der Waals surface area contributed by atoms with Crippen LogP contribution in [0.15, 0.2) is 42.5 Å². The third kappa shape index (κ3) is 3.17. The van der Waals surface area contributed by atoms with E-state index in [0.717, 1.165) is 11.6 Å². The lowest BCUT2D eigenvalue weighted by molar-refractivity contribution is -0.385. The molecule has 0 atom stereocenters. The number of nitrogens with zero attached hydrogens (tertiary/aromatic N) is 2. The molecule has 0 spiro atoms. The van der Waals surface area contributed by atoms with Crippen molar-refractivity contribution in [2.45, 2.75) is 6.92 Å². The van der Waals surface area contributed by atoms with Gasteiger partial charge in [-0.1, -0.05) is 23.7 Å². The highest BCUT2D eigenvalue weighted by Crippen LogP contribution is 2.38. The predicted molar refractivity (Wildman–Crippen MR) is 107 cm³/mol. The fourth-order valence-corrected chi connectivity index (χ4v) is 3.48. The van der Waals surface area contributed by atoms with Gasteiger partial charge in [-0.15, -0.1) is 0 Å². The molecule has 2 aromatic heterocycles. The average Bonchev–Trinajstić information content (AvgIpc) is 3.13. The van der Waals surface area contributed by atoms with E-state index in [4.69, 9.17) is 16.3 Å². The number of rotatable bonds is 4. The molecule has 0 aliphatic heterocycles. The summed E-state index contributed by atoms with van der Waals surface area (Å²) in [5, 5.41) is 11.3. The van der Waals surface area contributed by atoms with Crippen LogP contribution in [-0.4, -0.2) is 27.5 Å². The van der Waals surface area contributed by atoms with E-state index in [-0.39, 0.29) is 22.5 Å². The van der Waals surface area contributed by atoms with Crippen LogP contribution in [0.3, 0.4) is 0 Å². The topological polar surface area (TPSA) is 98.1 Å². The Hall–Kier alpha value is -3.52. The number of hydrogen-bond acceptors (Lipinski definition) is 5. The third-order valence-electron chi connectivity index (χ3n) is 4.47. The van der Waals surface area contributed by atoms with Crippen LogP contribution < -0.4 is 0 Å². The zero-order valence-corrected chi connectivity index (χ0v) is 15.8. The molecule has 0 unspecified atom stereocenters. The van der Waals surface area contributed by atoms with Crippen LogP contribution in [0.1, 0.15) is 17.3 Å². The second-order valence-corrected chi connectivity index (χ2v) is 6.59. The van der Waals surface area contributed by atoms with Crippen molar-refractivity contribution in [1.82, 2.24) is 9.97 Å². The summed E-state index contributed by atoms with van der Waals surface area (Å²) < 4.78 is 19.0. The summed E-state index contributed by atoms with van der Waals surface area (Å²) >= 11 is 6.39. The summed E-state index contributed by atoms with van der Waals surface area (Å²) in [6, 6.07) is 10.8. The van der Waals surface area contributed by atoms with Crippen LogP contribution in [0, 0.1) is 15.9 Å². The second-order valence-electron chi connectivity index (χ2n) is 6.21. The number of H-pyrrole nitrogens is 1. The van der Waals surface area contributed by atoms with Gasteiger partial charge in [0.15, 0.2) is 0 Å². The Morgan fingerprint density at radius 2 is 1.97 bits per heavy atom.